The second-order valence-corrected chi connectivity index (χ2v) is 11.6. The summed E-state index contributed by atoms with van der Waals surface area (Å²) in [7, 11) is 2.08. The molecule has 45 heavy (non-hydrogen) atoms. The molecular formula is C36H33ClFN5O2. The van der Waals surface area contributed by atoms with E-state index < -0.39 is 0 Å². The molecule has 1 aliphatic rings. The zero-order chi connectivity index (χ0) is 31.3. The third-order valence-electron chi connectivity index (χ3n) is 7.89. The number of likely N-dealkylation sites (tertiary alicyclic amines) is 1. The van der Waals surface area contributed by atoms with Gasteiger partial charge in [-0.3, -0.25) is 9.69 Å². The van der Waals surface area contributed by atoms with E-state index in [9.17, 15) is 9.18 Å². The molecule has 7 nitrogen and oxygen atoms in total. The number of aryl methyl sites for hydroxylation is 1. The van der Waals surface area contributed by atoms with Gasteiger partial charge in [-0.1, -0.05) is 59.6 Å². The lowest BCUT2D eigenvalue weighted by molar-refractivity contribution is -0.111. The van der Waals surface area contributed by atoms with Crippen molar-refractivity contribution in [1.29, 1.82) is 0 Å². The van der Waals surface area contributed by atoms with Crippen molar-refractivity contribution in [3.63, 3.8) is 0 Å². The summed E-state index contributed by atoms with van der Waals surface area (Å²) in [5.74, 6) is 0.511. The summed E-state index contributed by atoms with van der Waals surface area (Å²) in [5.41, 5.74) is 5.57. The average Bonchev–Trinajstić information content (AvgIpc) is 3.44. The molecule has 5 aromatic rings. The maximum absolute atomic E-state index is 13.6. The molecule has 2 N–H and O–H groups in total. The first-order valence-corrected chi connectivity index (χ1v) is 15.2. The fourth-order valence-corrected chi connectivity index (χ4v) is 5.86. The second-order valence-electron chi connectivity index (χ2n) is 11.2. The number of hydrogen-bond acceptors (Lipinski definition) is 6. The summed E-state index contributed by atoms with van der Waals surface area (Å²) in [6, 6.07) is 23.7. The lowest BCUT2D eigenvalue weighted by Crippen LogP contribution is -2.23. The summed E-state index contributed by atoms with van der Waals surface area (Å²) in [6.45, 7) is 3.25. The first-order chi connectivity index (χ1) is 21.8. The SMILES string of the molecule is Cc1cccc(-c2c(NC(=O)/C=C/C3CCCN3C)ccc3ncnc(Nc4ccc(OCc5cccc(F)c5)c(Cl)c4)c23)c1. The Labute approximate surface area is 266 Å². The molecule has 0 bridgehead atoms. The Morgan fingerprint density at radius 3 is 2.73 bits per heavy atom. The number of likely N-dealkylation sites (N-methyl/N-ethyl adjacent to an activating group) is 1. The summed E-state index contributed by atoms with van der Waals surface area (Å²) in [4.78, 5) is 24.6. The van der Waals surface area contributed by atoms with Gasteiger partial charge in [0.05, 0.1) is 15.9 Å². The molecular weight excluding hydrogens is 589 g/mol. The minimum atomic E-state index is -0.319. The molecule has 1 amide bonds. The molecule has 1 atom stereocenters. The molecule has 9 heteroatoms. The zero-order valence-electron chi connectivity index (χ0n) is 25.1. The van der Waals surface area contributed by atoms with Crippen LogP contribution in [0.15, 0.2) is 97.3 Å². The van der Waals surface area contributed by atoms with Crippen LogP contribution in [0.2, 0.25) is 5.02 Å². The van der Waals surface area contributed by atoms with Gasteiger partial charge in [-0.2, -0.15) is 0 Å². The van der Waals surface area contributed by atoms with Crippen molar-refractivity contribution < 1.29 is 13.9 Å². The predicted molar refractivity (Wildman–Crippen MR) is 179 cm³/mol. The number of nitrogens with one attached hydrogen (secondary N) is 2. The summed E-state index contributed by atoms with van der Waals surface area (Å²) >= 11 is 6.60. The lowest BCUT2D eigenvalue weighted by Gasteiger charge is -2.18. The van der Waals surface area contributed by atoms with Gasteiger partial charge >= 0.3 is 0 Å². The number of rotatable bonds is 9. The normalized spacial score (nSPS) is 15.1. The van der Waals surface area contributed by atoms with Crippen molar-refractivity contribution in [2.45, 2.75) is 32.4 Å². The number of carbonyl (C=O) groups is 1. The van der Waals surface area contributed by atoms with Crippen molar-refractivity contribution in [2.75, 3.05) is 24.2 Å². The van der Waals surface area contributed by atoms with Crippen LogP contribution in [0.5, 0.6) is 5.75 Å². The molecule has 1 unspecified atom stereocenters. The van der Waals surface area contributed by atoms with Crippen molar-refractivity contribution in [2.24, 2.45) is 0 Å². The summed E-state index contributed by atoms with van der Waals surface area (Å²) < 4.78 is 19.4. The van der Waals surface area contributed by atoms with Crippen molar-refractivity contribution in [3.05, 3.63) is 119 Å². The third-order valence-corrected chi connectivity index (χ3v) is 8.19. The number of ether oxygens (including phenoxy) is 1. The van der Waals surface area contributed by atoms with Gasteiger partial charge in [0.1, 0.15) is 30.3 Å². The van der Waals surface area contributed by atoms with Crippen molar-refractivity contribution in [3.8, 4) is 16.9 Å². The van der Waals surface area contributed by atoms with Gasteiger partial charge in [0.25, 0.3) is 0 Å². The van der Waals surface area contributed by atoms with Crippen LogP contribution in [0.3, 0.4) is 0 Å². The minimum Gasteiger partial charge on any atom is -0.487 e. The van der Waals surface area contributed by atoms with Gasteiger partial charge < -0.3 is 15.4 Å². The fourth-order valence-electron chi connectivity index (χ4n) is 5.62. The average molecular weight is 622 g/mol. The topological polar surface area (TPSA) is 79.4 Å². The molecule has 1 aromatic heterocycles. The van der Waals surface area contributed by atoms with E-state index >= 15 is 0 Å². The first kappa shape index (κ1) is 30.2. The van der Waals surface area contributed by atoms with E-state index in [2.05, 4.69) is 38.6 Å². The molecule has 0 saturated carbocycles. The van der Waals surface area contributed by atoms with E-state index in [4.69, 9.17) is 16.3 Å². The quantitative estimate of drug-likeness (QED) is 0.161. The number of amides is 1. The molecule has 228 valence electrons. The van der Waals surface area contributed by atoms with Crippen LogP contribution < -0.4 is 15.4 Å². The van der Waals surface area contributed by atoms with Crippen LogP contribution in [0, 0.1) is 12.7 Å². The van der Waals surface area contributed by atoms with Crippen molar-refractivity contribution in [1.82, 2.24) is 14.9 Å². The predicted octanol–water partition coefficient (Wildman–Crippen LogP) is 8.31. The molecule has 6 rings (SSSR count). The monoisotopic (exact) mass is 621 g/mol. The smallest absolute Gasteiger partial charge is 0.248 e. The number of anilines is 3. The van der Waals surface area contributed by atoms with E-state index in [1.807, 2.05) is 49.4 Å². The van der Waals surface area contributed by atoms with Gasteiger partial charge in [-0.05, 0) is 86.9 Å². The fraction of sp³-hybridized carbons (Fsp3) is 0.194. The highest BCUT2D eigenvalue weighted by atomic mass is 35.5. The number of fused-ring (bicyclic) bond motifs is 1. The summed E-state index contributed by atoms with van der Waals surface area (Å²) in [5, 5.41) is 7.65. The van der Waals surface area contributed by atoms with E-state index in [1.54, 1.807) is 30.3 Å². The largest absolute Gasteiger partial charge is 0.487 e. The van der Waals surface area contributed by atoms with E-state index in [-0.39, 0.29) is 24.4 Å². The number of nitrogens with zero attached hydrogens (tertiary/aromatic N) is 3. The van der Waals surface area contributed by atoms with Gasteiger partial charge in [-0.25, -0.2) is 14.4 Å². The minimum absolute atomic E-state index is 0.182. The Kier molecular flexibility index (Phi) is 9.05. The number of aromatic nitrogens is 2. The molecule has 0 radical (unpaired) electrons. The van der Waals surface area contributed by atoms with Gasteiger partial charge in [0, 0.05) is 29.1 Å². The molecule has 1 saturated heterocycles. The zero-order valence-corrected chi connectivity index (χ0v) is 25.8. The standard InChI is InChI=1S/C36H33ClFN5O2/c1-23-6-3-8-25(18-23)34-31(42-33(44)16-12-28-10-5-17-43(28)2)14-13-30-35(34)36(40-22-39-30)41-27-11-15-32(29(37)20-27)45-21-24-7-4-9-26(38)19-24/h3-4,6-9,11-16,18-20,22,28H,5,10,17,21H2,1-2H3,(H,42,44)(H,39,40,41)/b16-12+. The summed E-state index contributed by atoms with van der Waals surface area (Å²) in [6.07, 6.45) is 7.27. The number of halogens is 2. The van der Waals surface area contributed by atoms with Crippen LogP contribution in [-0.2, 0) is 11.4 Å². The number of carbonyl (C=O) groups excluding carboxylic acids is 1. The number of hydrogen-bond donors (Lipinski definition) is 2. The van der Waals surface area contributed by atoms with Gasteiger partial charge in [-0.15, -0.1) is 0 Å². The molecule has 1 fully saturated rings. The lowest BCUT2D eigenvalue weighted by atomic mass is 9.97. The molecule has 4 aromatic carbocycles. The Balaban J connectivity index is 1.32. The Morgan fingerprint density at radius 1 is 1.09 bits per heavy atom. The highest BCUT2D eigenvalue weighted by molar-refractivity contribution is 6.32. The highest BCUT2D eigenvalue weighted by Crippen LogP contribution is 2.40. The number of benzene rings is 4. The maximum atomic E-state index is 13.6. The van der Waals surface area contributed by atoms with Gasteiger partial charge in [0.15, 0.2) is 0 Å². The molecule has 0 spiro atoms. The van der Waals surface area contributed by atoms with E-state index in [0.29, 0.717) is 39.0 Å². The van der Waals surface area contributed by atoms with Crippen LogP contribution in [-0.4, -0.2) is 40.4 Å². The van der Waals surface area contributed by atoms with E-state index in [1.165, 1.54) is 18.5 Å². The second kappa shape index (κ2) is 13.5. The maximum Gasteiger partial charge on any atom is 0.248 e. The Morgan fingerprint density at radius 2 is 1.96 bits per heavy atom. The highest BCUT2D eigenvalue weighted by Gasteiger charge is 2.20. The van der Waals surface area contributed by atoms with E-state index in [0.717, 1.165) is 41.5 Å². The van der Waals surface area contributed by atoms with Crippen LogP contribution >= 0.6 is 11.6 Å². The Bertz CT molecular complexity index is 1900. The van der Waals surface area contributed by atoms with Crippen LogP contribution in [0.1, 0.15) is 24.0 Å². The first-order valence-electron chi connectivity index (χ1n) is 14.8. The van der Waals surface area contributed by atoms with Crippen molar-refractivity contribution >= 4 is 45.6 Å². The van der Waals surface area contributed by atoms with Gasteiger partial charge in [0.2, 0.25) is 5.91 Å². The Hall–Kier alpha value is -4.79. The molecule has 0 aliphatic carbocycles. The molecule has 2 heterocycles. The van der Waals surface area contributed by atoms with Crippen LogP contribution in [0.25, 0.3) is 22.0 Å². The third kappa shape index (κ3) is 7.14. The van der Waals surface area contributed by atoms with Crippen LogP contribution in [0.4, 0.5) is 21.6 Å². The molecule has 1 aliphatic heterocycles.